The summed E-state index contributed by atoms with van der Waals surface area (Å²) in [6.07, 6.45) is 1.23. The van der Waals surface area contributed by atoms with Gasteiger partial charge < -0.3 is 19.9 Å². The Morgan fingerprint density at radius 1 is 1.30 bits per heavy atom. The van der Waals surface area contributed by atoms with Crippen molar-refractivity contribution >= 4 is 29.6 Å². The van der Waals surface area contributed by atoms with Crippen LogP contribution in [0.1, 0.15) is 18.1 Å². The predicted octanol–water partition coefficient (Wildman–Crippen LogP) is 3.63. The van der Waals surface area contributed by atoms with E-state index in [0.717, 1.165) is 0 Å². The van der Waals surface area contributed by atoms with E-state index in [1.807, 2.05) is 0 Å². The molecular formula is C19H17ClFNO5. The number of carbonyl (C=O) groups is 2. The molecule has 2 aromatic carbocycles. The topological polar surface area (TPSA) is 84.9 Å². The van der Waals surface area contributed by atoms with Crippen LogP contribution in [0.4, 0.5) is 4.39 Å². The number of amides is 1. The Balaban J connectivity index is 2.32. The second-order valence-corrected chi connectivity index (χ2v) is 5.87. The van der Waals surface area contributed by atoms with Gasteiger partial charge in [-0.3, -0.25) is 4.79 Å². The summed E-state index contributed by atoms with van der Waals surface area (Å²) >= 11 is 6.23. The van der Waals surface area contributed by atoms with Gasteiger partial charge in [-0.1, -0.05) is 29.8 Å². The van der Waals surface area contributed by atoms with Crippen LogP contribution in [0.15, 0.2) is 42.1 Å². The Bertz CT molecular complexity index is 898. The Morgan fingerprint density at radius 3 is 2.59 bits per heavy atom. The molecule has 2 aromatic rings. The number of hydrogen-bond acceptors (Lipinski definition) is 4. The summed E-state index contributed by atoms with van der Waals surface area (Å²) in [6, 6.07) is 9.10. The smallest absolute Gasteiger partial charge is 0.352 e. The molecule has 1 amide bonds. The molecule has 0 fully saturated rings. The zero-order chi connectivity index (χ0) is 20.0. The molecule has 0 spiro atoms. The third-order valence-electron chi connectivity index (χ3n) is 3.43. The third-order valence-corrected chi connectivity index (χ3v) is 3.71. The summed E-state index contributed by atoms with van der Waals surface area (Å²) in [5, 5.41) is 11.5. The van der Waals surface area contributed by atoms with Gasteiger partial charge in [-0.25, -0.2) is 9.18 Å². The number of methoxy groups -OCH3 is 1. The average molecular weight is 394 g/mol. The lowest BCUT2D eigenvalue weighted by molar-refractivity contribution is -0.134. The maximum absolute atomic E-state index is 13.7. The van der Waals surface area contributed by atoms with Crippen LogP contribution >= 0.6 is 11.6 Å². The van der Waals surface area contributed by atoms with E-state index in [1.165, 1.54) is 38.3 Å². The van der Waals surface area contributed by atoms with Gasteiger partial charge in [0.05, 0.1) is 12.1 Å². The van der Waals surface area contributed by atoms with Crippen molar-refractivity contribution in [1.29, 1.82) is 0 Å². The molecule has 0 heterocycles. The van der Waals surface area contributed by atoms with Crippen molar-refractivity contribution in [3.63, 3.8) is 0 Å². The molecule has 8 heteroatoms. The zero-order valence-corrected chi connectivity index (χ0v) is 15.3. The molecule has 0 atom stereocenters. The molecule has 0 aliphatic heterocycles. The Morgan fingerprint density at radius 2 is 2.00 bits per heavy atom. The fourth-order valence-electron chi connectivity index (χ4n) is 2.24. The lowest BCUT2D eigenvalue weighted by atomic mass is 10.1. The maximum Gasteiger partial charge on any atom is 0.352 e. The molecule has 0 radical (unpaired) electrons. The van der Waals surface area contributed by atoms with Crippen molar-refractivity contribution in [2.75, 3.05) is 7.11 Å². The van der Waals surface area contributed by atoms with Gasteiger partial charge >= 0.3 is 5.97 Å². The summed E-state index contributed by atoms with van der Waals surface area (Å²) in [6.45, 7) is 1.13. The Labute approximate surface area is 160 Å². The number of carbonyl (C=O) groups excluding carboxylic acids is 1. The molecule has 2 N–H and O–H groups in total. The largest absolute Gasteiger partial charge is 0.493 e. The van der Waals surface area contributed by atoms with Crippen molar-refractivity contribution in [3.05, 3.63) is 64.1 Å². The highest BCUT2D eigenvalue weighted by molar-refractivity contribution is 6.32. The normalized spacial score (nSPS) is 11.0. The molecule has 0 aromatic heterocycles. The van der Waals surface area contributed by atoms with Crippen LogP contribution in [0, 0.1) is 5.82 Å². The monoisotopic (exact) mass is 393 g/mol. The second-order valence-electron chi connectivity index (χ2n) is 5.46. The highest BCUT2D eigenvalue weighted by Gasteiger charge is 2.15. The first-order chi connectivity index (χ1) is 12.8. The van der Waals surface area contributed by atoms with Crippen LogP contribution in [0.3, 0.4) is 0 Å². The van der Waals surface area contributed by atoms with E-state index >= 15 is 0 Å². The van der Waals surface area contributed by atoms with E-state index in [0.29, 0.717) is 11.1 Å². The minimum atomic E-state index is -1.31. The Hall–Kier alpha value is -3.06. The fourth-order valence-corrected chi connectivity index (χ4v) is 2.51. The standard InChI is InChI=1S/C19H17ClFNO5/c1-11(23)22-16(19(24)25)8-12-7-14(20)18(17(9-12)26-2)27-10-13-5-3-4-6-15(13)21/h3-9H,10H2,1-2H3,(H,22,23)(H,24,25). The molecule has 0 bridgehead atoms. The van der Waals surface area contributed by atoms with Crippen LogP contribution in [-0.4, -0.2) is 24.1 Å². The van der Waals surface area contributed by atoms with Gasteiger partial charge in [-0.05, 0) is 29.8 Å². The third kappa shape index (κ3) is 5.46. The lowest BCUT2D eigenvalue weighted by Gasteiger charge is -2.14. The number of halogens is 2. The highest BCUT2D eigenvalue weighted by atomic mass is 35.5. The average Bonchev–Trinajstić information content (AvgIpc) is 2.60. The molecule has 0 aliphatic carbocycles. The van der Waals surface area contributed by atoms with E-state index in [9.17, 15) is 14.0 Å². The van der Waals surface area contributed by atoms with Gasteiger partial charge in [0.2, 0.25) is 5.91 Å². The summed E-state index contributed by atoms with van der Waals surface area (Å²) in [5.41, 5.74) is 0.403. The van der Waals surface area contributed by atoms with E-state index in [2.05, 4.69) is 5.32 Å². The first-order valence-corrected chi connectivity index (χ1v) is 8.16. The summed E-state index contributed by atoms with van der Waals surface area (Å²) < 4.78 is 24.6. The second kappa shape index (κ2) is 9.05. The van der Waals surface area contributed by atoms with Gasteiger partial charge in [-0.2, -0.15) is 0 Å². The number of benzene rings is 2. The lowest BCUT2D eigenvalue weighted by Crippen LogP contribution is -2.24. The molecule has 0 unspecified atom stereocenters. The van der Waals surface area contributed by atoms with E-state index < -0.39 is 17.7 Å². The van der Waals surface area contributed by atoms with Gasteiger partial charge in [0.25, 0.3) is 0 Å². The molecule has 0 saturated heterocycles. The first kappa shape index (κ1) is 20.3. The van der Waals surface area contributed by atoms with Crippen molar-refractivity contribution in [2.24, 2.45) is 0 Å². The van der Waals surface area contributed by atoms with Crippen LogP contribution in [0.5, 0.6) is 11.5 Å². The number of aliphatic carboxylic acids is 1. The molecular weight excluding hydrogens is 377 g/mol. The number of nitrogens with one attached hydrogen (secondary N) is 1. The van der Waals surface area contributed by atoms with E-state index in [-0.39, 0.29) is 28.8 Å². The predicted molar refractivity (Wildman–Crippen MR) is 98.2 cm³/mol. The van der Waals surface area contributed by atoms with Crippen molar-refractivity contribution in [2.45, 2.75) is 13.5 Å². The highest BCUT2D eigenvalue weighted by Crippen LogP contribution is 2.37. The number of ether oxygens (including phenoxy) is 2. The van der Waals surface area contributed by atoms with Crippen molar-refractivity contribution in [1.82, 2.24) is 5.32 Å². The van der Waals surface area contributed by atoms with Crippen LogP contribution < -0.4 is 14.8 Å². The van der Waals surface area contributed by atoms with Gasteiger partial charge in [0.15, 0.2) is 11.5 Å². The SMILES string of the molecule is COc1cc(C=C(NC(C)=O)C(=O)O)cc(Cl)c1OCc1ccccc1F. The van der Waals surface area contributed by atoms with Crippen molar-refractivity contribution in [3.8, 4) is 11.5 Å². The minimum Gasteiger partial charge on any atom is -0.493 e. The molecule has 142 valence electrons. The summed E-state index contributed by atoms with van der Waals surface area (Å²) in [5.74, 6) is -1.81. The van der Waals surface area contributed by atoms with Crippen molar-refractivity contribution < 1.29 is 28.6 Å². The number of carboxylic acids is 1. The number of rotatable bonds is 7. The molecule has 27 heavy (non-hydrogen) atoms. The Kier molecular flexibility index (Phi) is 6.79. The quantitative estimate of drug-likeness (QED) is 0.702. The maximum atomic E-state index is 13.7. The zero-order valence-electron chi connectivity index (χ0n) is 14.6. The molecule has 0 saturated carbocycles. The summed E-state index contributed by atoms with van der Waals surface area (Å²) in [7, 11) is 1.39. The van der Waals surface area contributed by atoms with Gasteiger partial charge in [0, 0.05) is 12.5 Å². The molecule has 6 nitrogen and oxygen atoms in total. The number of hydrogen-bond donors (Lipinski definition) is 2. The molecule has 0 aliphatic rings. The van der Waals surface area contributed by atoms with Crippen LogP contribution in [0.25, 0.3) is 6.08 Å². The number of carboxylic acid groups (broad SMARTS) is 1. The van der Waals surface area contributed by atoms with E-state index in [1.54, 1.807) is 18.2 Å². The van der Waals surface area contributed by atoms with E-state index in [4.69, 9.17) is 26.2 Å². The first-order valence-electron chi connectivity index (χ1n) is 7.78. The van der Waals surface area contributed by atoms with Crippen LogP contribution in [0.2, 0.25) is 5.02 Å². The fraction of sp³-hybridized carbons (Fsp3) is 0.158. The van der Waals surface area contributed by atoms with Crippen LogP contribution in [-0.2, 0) is 16.2 Å². The van der Waals surface area contributed by atoms with Gasteiger partial charge in [-0.15, -0.1) is 0 Å². The summed E-state index contributed by atoms with van der Waals surface area (Å²) in [4.78, 5) is 22.4. The molecule has 2 rings (SSSR count). The minimum absolute atomic E-state index is 0.0653. The van der Waals surface area contributed by atoms with Gasteiger partial charge in [0.1, 0.15) is 18.1 Å².